The van der Waals surface area contributed by atoms with E-state index in [2.05, 4.69) is 30.8 Å². The lowest BCUT2D eigenvalue weighted by Crippen LogP contribution is -2.38. The summed E-state index contributed by atoms with van der Waals surface area (Å²) in [4.78, 5) is 21.7. The lowest BCUT2D eigenvalue weighted by atomic mass is 10.00. The van der Waals surface area contributed by atoms with Crippen LogP contribution in [-0.2, 0) is 9.84 Å². The molecule has 0 saturated carbocycles. The fourth-order valence-corrected chi connectivity index (χ4v) is 4.76. The molecule has 1 fully saturated rings. The first-order valence-corrected chi connectivity index (χ1v) is 12.8. The van der Waals surface area contributed by atoms with E-state index in [1.165, 1.54) is 0 Å². The fraction of sp³-hybridized carbons (Fsp3) is 0.435. The maximum atomic E-state index is 12.5. The number of hydrogen-bond donors (Lipinski definition) is 2. The molecule has 182 valence electrons. The Morgan fingerprint density at radius 2 is 2.03 bits per heavy atom. The molecule has 0 spiro atoms. The van der Waals surface area contributed by atoms with Gasteiger partial charge in [-0.05, 0) is 64.8 Å². The molecule has 2 aromatic heterocycles. The molecule has 1 aliphatic heterocycles. The van der Waals surface area contributed by atoms with Crippen LogP contribution in [0.4, 0.5) is 0 Å². The molecule has 1 aromatic carbocycles. The van der Waals surface area contributed by atoms with E-state index < -0.39 is 21.0 Å². The summed E-state index contributed by atoms with van der Waals surface area (Å²) >= 11 is 0. The van der Waals surface area contributed by atoms with Gasteiger partial charge in [0.15, 0.2) is 9.84 Å². The number of nitrogens with one attached hydrogen (secondary N) is 2. The number of hydrogen-bond acceptors (Lipinski definition) is 9. The Hall–Kier alpha value is -3.18. The van der Waals surface area contributed by atoms with Crippen LogP contribution in [0.2, 0.25) is 0 Å². The molecule has 11 heteroatoms. The third-order valence-corrected chi connectivity index (χ3v) is 8.00. The van der Waals surface area contributed by atoms with Crippen LogP contribution in [0.3, 0.4) is 0 Å². The van der Waals surface area contributed by atoms with Gasteiger partial charge in [-0.3, -0.25) is 9.78 Å². The van der Waals surface area contributed by atoms with Crippen LogP contribution in [0.1, 0.15) is 44.5 Å². The van der Waals surface area contributed by atoms with E-state index in [0.29, 0.717) is 35.1 Å². The highest BCUT2D eigenvalue weighted by Crippen LogP contribution is 2.25. The molecule has 0 radical (unpaired) electrons. The summed E-state index contributed by atoms with van der Waals surface area (Å²) < 4.78 is 30.3. The number of aromatic nitrogens is 4. The SMILES string of the molecule is Cc1ncc(-c2ccc(S(=O)(=O)C(C)C)cc2)nc1-c1nnc(C(=O)NCC2CCCNC2)o1.[HH]. The van der Waals surface area contributed by atoms with Gasteiger partial charge in [0, 0.05) is 13.5 Å². The molecule has 1 unspecified atom stereocenters. The van der Waals surface area contributed by atoms with Gasteiger partial charge in [0.1, 0.15) is 5.69 Å². The van der Waals surface area contributed by atoms with Crippen molar-refractivity contribution in [1.29, 1.82) is 0 Å². The van der Waals surface area contributed by atoms with Gasteiger partial charge in [0.25, 0.3) is 5.89 Å². The number of sulfone groups is 1. The maximum Gasteiger partial charge on any atom is 0.308 e. The summed E-state index contributed by atoms with van der Waals surface area (Å²) in [6.45, 7) is 7.48. The predicted molar refractivity (Wildman–Crippen MR) is 128 cm³/mol. The zero-order chi connectivity index (χ0) is 24.3. The number of aryl methyl sites for hydroxylation is 1. The Morgan fingerprint density at radius 3 is 2.71 bits per heavy atom. The van der Waals surface area contributed by atoms with Crippen molar-refractivity contribution in [3.05, 3.63) is 42.0 Å². The number of carbonyl (C=O) groups is 1. The van der Waals surface area contributed by atoms with Crippen LogP contribution in [0.15, 0.2) is 39.8 Å². The first kappa shape index (κ1) is 24.0. The molecule has 1 aliphatic rings. The van der Waals surface area contributed by atoms with Crippen molar-refractivity contribution in [1.82, 2.24) is 30.8 Å². The molecule has 1 amide bonds. The lowest BCUT2D eigenvalue weighted by molar-refractivity contribution is 0.0910. The molecule has 34 heavy (non-hydrogen) atoms. The van der Waals surface area contributed by atoms with Gasteiger partial charge in [-0.25, -0.2) is 13.4 Å². The van der Waals surface area contributed by atoms with Crippen molar-refractivity contribution in [2.45, 2.75) is 43.8 Å². The number of nitrogens with zero attached hydrogens (tertiary/aromatic N) is 4. The van der Waals surface area contributed by atoms with Crippen molar-refractivity contribution in [2.24, 2.45) is 5.92 Å². The number of rotatable bonds is 7. The summed E-state index contributed by atoms with van der Waals surface area (Å²) in [5.74, 6) is -0.0798. The Morgan fingerprint density at radius 1 is 1.26 bits per heavy atom. The van der Waals surface area contributed by atoms with E-state index >= 15 is 0 Å². The molecule has 1 atom stereocenters. The number of amides is 1. The molecular weight excluding hydrogens is 456 g/mol. The van der Waals surface area contributed by atoms with Crippen LogP contribution in [0.5, 0.6) is 0 Å². The van der Waals surface area contributed by atoms with Crippen LogP contribution in [0.25, 0.3) is 22.8 Å². The first-order valence-electron chi connectivity index (χ1n) is 11.3. The van der Waals surface area contributed by atoms with Gasteiger partial charge < -0.3 is 15.1 Å². The van der Waals surface area contributed by atoms with Gasteiger partial charge >= 0.3 is 11.8 Å². The largest absolute Gasteiger partial charge is 0.411 e. The van der Waals surface area contributed by atoms with E-state index in [-0.39, 0.29) is 18.1 Å². The highest BCUT2D eigenvalue weighted by atomic mass is 32.2. The van der Waals surface area contributed by atoms with Gasteiger partial charge in [0.2, 0.25) is 0 Å². The molecule has 2 N–H and O–H groups in total. The van der Waals surface area contributed by atoms with E-state index in [0.717, 1.165) is 25.9 Å². The Kier molecular flexibility index (Phi) is 7.03. The number of benzene rings is 1. The highest BCUT2D eigenvalue weighted by molar-refractivity contribution is 7.92. The molecule has 3 heterocycles. The summed E-state index contributed by atoms with van der Waals surface area (Å²) in [6, 6.07) is 6.49. The normalized spacial score (nSPS) is 16.5. The maximum absolute atomic E-state index is 12.5. The van der Waals surface area contributed by atoms with Gasteiger partial charge in [0.05, 0.1) is 27.7 Å². The first-order chi connectivity index (χ1) is 16.3. The Balaban J connectivity index is 0.00000342. The molecule has 1 saturated heterocycles. The van der Waals surface area contributed by atoms with Gasteiger partial charge in [-0.2, -0.15) is 0 Å². The molecule has 4 rings (SSSR count). The molecule has 0 bridgehead atoms. The fourth-order valence-electron chi connectivity index (χ4n) is 3.70. The van der Waals surface area contributed by atoms with E-state index in [1.54, 1.807) is 51.2 Å². The second kappa shape index (κ2) is 9.98. The van der Waals surface area contributed by atoms with Crippen LogP contribution >= 0.6 is 0 Å². The van der Waals surface area contributed by atoms with Crippen molar-refractivity contribution < 1.29 is 19.1 Å². The summed E-state index contributed by atoms with van der Waals surface area (Å²) in [6.07, 6.45) is 3.75. The Bertz CT molecular complexity index is 1270. The van der Waals surface area contributed by atoms with Crippen LogP contribution in [0, 0.1) is 12.8 Å². The minimum absolute atomic E-state index is 0. The lowest BCUT2D eigenvalue weighted by Gasteiger charge is -2.22. The predicted octanol–water partition coefficient (Wildman–Crippen LogP) is 2.66. The summed E-state index contributed by atoms with van der Waals surface area (Å²) in [7, 11) is -3.36. The van der Waals surface area contributed by atoms with Crippen molar-refractivity contribution in [3.8, 4) is 22.8 Å². The van der Waals surface area contributed by atoms with Gasteiger partial charge in [-0.1, -0.05) is 12.1 Å². The molecule has 10 nitrogen and oxygen atoms in total. The third-order valence-electron chi connectivity index (χ3n) is 5.83. The topological polar surface area (TPSA) is 140 Å². The van der Waals surface area contributed by atoms with Crippen LogP contribution < -0.4 is 10.6 Å². The summed E-state index contributed by atoms with van der Waals surface area (Å²) in [5, 5.41) is 13.5. The zero-order valence-corrected chi connectivity index (χ0v) is 20.2. The van der Waals surface area contributed by atoms with E-state index in [9.17, 15) is 13.2 Å². The number of piperidine rings is 1. The average molecular weight is 487 g/mol. The second-order valence-corrected chi connectivity index (χ2v) is 11.1. The van der Waals surface area contributed by atoms with Gasteiger partial charge in [-0.15, -0.1) is 10.2 Å². The van der Waals surface area contributed by atoms with E-state index in [4.69, 9.17) is 4.42 Å². The standard InChI is InChI=1S/C23H28N6O4S.H2/c1-14(2)34(31,32)18-8-6-17(7-9-18)19-13-25-15(3)20(27-19)22-28-29-23(33-22)21(30)26-12-16-5-4-10-24-11-16;/h6-9,13-14,16,24H,4-5,10-12H2,1-3H3,(H,26,30);1H. The monoisotopic (exact) mass is 486 g/mol. The second-order valence-electron chi connectivity index (χ2n) is 8.64. The summed E-state index contributed by atoms with van der Waals surface area (Å²) in [5.41, 5.74) is 2.13. The van der Waals surface area contributed by atoms with Crippen molar-refractivity contribution in [2.75, 3.05) is 19.6 Å². The Labute approximate surface area is 200 Å². The number of carbonyl (C=O) groups excluding carboxylic acids is 1. The molecular formula is C23H30N6O4S. The third kappa shape index (κ3) is 5.15. The zero-order valence-electron chi connectivity index (χ0n) is 19.4. The minimum atomic E-state index is -3.36. The highest BCUT2D eigenvalue weighted by Gasteiger charge is 2.22. The molecule has 0 aliphatic carbocycles. The van der Waals surface area contributed by atoms with Crippen molar-refractivity contribution >= 4 is 15.7 Å². The van der Waals surface area contributed by atoms with Crippen molar-refractivity contribution in [3.63, 3.8) is 0 Å². The quantitative estimate of drug-likeness (QED) is 0.516. The smallest absolute Gasteiger partial charge is 0.308 e. The van der Waals surface area contributed by atoms with Crippen LogP contribution in [-0.4, -0.2) is 59.4 Å². The van der Waals surface area contributed by atoms with E-state index in [1.807, 2.05) is 0 Å². The average Bonchev–Trinajstić information content (AvgIpc) is 3.34. The minimum Gasteiger partial charge on any atom is -0.411 e. The molecule has 3 aromatic rings.